The zero-order chi connectivity index (χ0) is 18.6. The third kappa shape index (κ3) is 4.90. The van der Waals surface area contributed by atoms with Crippen LogP contribution in [0.15, 0.2) is 27.8 Å². The maximum absolute atomic E-state index is 13.9. The van der Waals surface area contributed by atoms with Crippen LogP contribution in [0.25, 0.3) is 0 Å². The number of carboxylic acids is 1. The van der Waals surface area contributed by atoms with Crippen molar-refractivity contribution in [2.24, 2.45) is 0 Å². The molecule has 3 N–H and O–H groups in total. The van der Waals surface area contributed by atoms with E-state index in [1.807, 2.05) is 0 Å². The summed E-state index contributed by atoms with van der Waals surface area (Å²) in [5.74, 6) is -1.87. The number of aromatic nitrogens is 3. The van der Waals surface area contributed by atoms with Crippen molar-refractivity contribution in [1.82, 2.24) is 14.5 Å². The molecule has 0 bridgehead atoms. The van der Waals surface area contributed by atoms with E-state index in [1.165, 1.54) is 12.1 Å². The molecule has 0 fully saturated rings. The van der Waals surface area contributed by atoms with Gasteiger partial charge < -0.3 is 15.2 Å². The average Bonchev–Trinajstić information content (AvgIpc) is 2.48. The van der Waals surface area contributed by atoms with E-state index < -0.39 is 23.2 Å². The lowest BCUT2D eigenvalue weighted by Crippen LogP contribution is -2.38. The first-order chi connectivity index (χ1) is 11.8. The monoisotopic (exact) mass is 352 g/mol. The predicted octanol–water partition coefficient (Wildman–Crippen LogP) is 1.08. The summed E-state index contributed by atoms with van der Waals surface area (Å²) in [5.41, 5.74) is -1.48. The molecule has 0 radical (unpaired) electrons. The fourth-order valence-electron chi connectivity index (χ4n) is 1.97. The van der Waals surface area contributed by atoms with E-state index in [0.717, 1.165) is 6.07 Å². The normalized spacial score (nSPS) is 10.7. The number of benzene rings is 1. The maximum Gasteiger partial charge on any atom is 0.354 e. The number of nitrogens with zero attached hydrogens (tertiary/aromatic N) is 2. The number of nitrogens with one attached hydrogen (secondary N) is 2. The number of hydrogen-bond acceptors (Lipinski definition) is 6. The van der Waals surface area contributed by atoms with Crippen LogP contribution in [-0.2, 0) is 11.3 Å². The predicted molar refractivity (Wildman–Crippen MR) is 86.8 cm³/mol. The molecule has 1 heterocycles. The molecule has 10 heteroatoms. The van der Waals surface area contributed by atoms with Crippen LogP contribution in [-0.4, -0.2) is 31.7 Å². The molecule has 2 rings (SSSR count). The Balaban J connectivity index is 2.21. The van der Waals surface area contributed by atoms with E-state index in [9.17, 15) is 18.8 Å². The first-order valence-corrected chi connectivity index (χ1v) is 7.42. The molecule has 0 spiro atoms. The minimum Gasteiger partial charge on any atom is -0.488 e. The second-order valence-electron chi connectivity index (χ2n) is 5.41. The third-order valence-electron chi connectivity index (χ3n) is 3.02. The Morgan fingerprint density at radius 3 is 2.72 bits per heavy atom. The van der Waals surface area contributed by atoms with Gasteiger partial charge in [-0.25, -0.2) is 18.5 Å². The van der Waals surface area contributed by atoms with E-state index in [4.69, 9.17) is 9.84 Å². The van der Waals surface area contributed by atoms with Crippen molar-refractivity contribution in [2.45, 2.75) is 32.9 Å². The highest BCUT2D eigenvalue weighted by Crippen LogP contribution is 2.23. The van der Waals surface area contributed by atoms with Gasteiger partial charge in [-0.3, -0.25) is 9.78 Å². The molecule has 9 nitrogen and oxygen atoms in total. The molecule has 0 unspecified atom stereocenters. The first kappa shape index (κ1) is 18.2. The molecule has 0 saturated carbocycles. The largest absolute Gasteiger partial charge is 0.488 e. The second kappa shape index (κ2) is 7.60. The van der Waals surface area contributed by atoms with Gasteiger partial charge in [0.05, 0.1) is 12.5 Å². The highest BCUT2D eigenvalue weighted by atomic mass is 19.1. The molecule has 1 aromatic heterocycles. The number of aromatic amines is 1. The van der Waals surface area contributed by atoms with Gasteiger partial charge in [0.25, 0.3) is 0 Å². The summed E-state index contributed by atoms with van der Waals surface area (Å²) >= 11 is 0. The van der Waals surface area contributed by atoms with Crippen molar-refractivity contribution >= 4 is 17.6 Å². The molecule has 0 amide bonds. The molecule has 0 atom stereocenters. The van der Waals surface area contributed by atoms with Gasteiger partial charge in [-0.1, -0.05) is 0 Å². The highest BCUT2D eigenvalue weighted by Gasteiger charge is 2.10. The molecular weight excluding hydrogens is 335 g/mol. The number of H-pyrrole nitrogens is 1. The van der Waals surface area contributed by atoms with Crippen molar-refractivity contribution in [3.63, 3.8) is 0 Å². The van der Waals surface area contributed by atoms with Crippen molar-refractivity contribution in [2.75, 3.05) is 5.32 Å². The minimum atomic E-state index is -1.15. The van der Waals surface area contributed by atoms with Crippen LogP contribution < -0.4 is 21.4 Å². The van der Waals surface area contributed by atoms with E-state index in [-0.39, 0.29) is 36.5 Å². The number of anilines is 2. The van der Waals surface area contributed by atoms with E-state index in [1.54, 1.807) is 13.8 Å². The lowest BCUT2D eigenvalue weighted by molar-refractivity contribution is -0.137. The van der Waals surface area contributed by atoms with Crippen molar-refractivity contribution < 1.29 is 19.0 Å². The molecule has 1 aromatic carbocycles. The number of rotatable bonds is 7. The Morgan fingerprint density at radius 1 is 1.44 bits per heavy atom. The Kier molecular flexibility index (Phi) is 5.52. The van der Waals surface area contributed by atoms with Gasteiger partial charge in [-0.05, 0) is 26.0 Å². The number of halogens is 1. The quantitative estimate of drug-likeness (QED) is 0.680. The second-order valence-corrected chi connectivity index (χ2v) is 5.41. The topological polar surface area (TPSA) is 126 Å². The number of hydrogen-bond donors (Lipinski definition) is 3. The fraction of sp³-hybridized carbons (Fsp3) is 0.333. The van der Waals surface area contributed by atoms with E-state index >= 15 is 0 Å². The summed E-state index contributed by atoms with van der Waals surface area (Å²) in [6.45, 7) is 3.23. The Labute approximate surface area is 141 Å². The van der Waals surface area contributed by atoms with E-state index in [0.29, 0.717) is 4.57 Å². The number of carbonyl (C=O) groups is 1. The molecule has 0 saturated heterocycles. The number of aliphatic carboxylic acids is 1. The van der Waals surface area contributed by atoms with Crippen LogP contribution in [0.5, 0.6) is 5.75 Å². The highest BCUT2D eigenvalue weighted by molar-refractivity contribution is 5.66. The lowest BCUT2D eigenvalue weighted by atomic mass is 10.3. The Hall–Kier alpha value is -3.17. The van der Waals surface area contributed by atoms with Crippen LogP contribution in [0.1, 0.15) is 20.3 Å². The number of carboxylic acid groups (broad SMARTS) is 1. The van der Waals surface area contributed by atoms with Crippen LogP contribution in [0.4, 0.5) is 16.0 Å². The van der Waals surface area contributed by atoms with Crippen LogP contribution >= 0.6 is 0 Å². The summed E-state index contributed by atoms with van der Waals surface area (Å²) in [4.78, 5) is 40.1. The van der Waals surface area contributed by atoms with Crippen LogP contribution in [0.2, 0.25) is 0 Å². The fourth-order valence-corrected chi connectivity index (χ4v) is 1.97. The molecule has 25 heavy (non-hydrogen) atoms. The molecule has 0 aliphatic heterocycles. The smallest absolute Gasteiger partial charge is 0.354 e. The average molecular weight is 352 g/mol. The molecule has 0 aliphatic carbocycles. The van der Waals surface area contributed by atoms with Gasteiger partial charge in [0.1, 0.15) is 0 Å². The number of ether oxygens (including phenoxy) is 1. The summed E-state index contributed by atoms with van der Waals surface area (Å²) in [5, 5.41) is 11.2. The molecule has 2 aromatic rings. The van der Waals surface area contributed by atoms with Crippen molar-refractivity contribution in [3.05, 3.63) is 45.0 Å². The SMILES string of the molecule is CC(C)Oc1ccc(Nc2nc(=O)n(CCC(=O)O)c(=O)[nH]2)cc1F. The standard InChI is InChI=1S/C15H17FN4O5/c1-8(2)25-11-4-3-9(7-10(11)16)17-13-18-14(23)20(15(24)19-13)6-5-12(21)22/h3-4,7-8H,5-6H2,1-2H3,(H,21,22)(H2,17,18,19,23,24). The Morgan fingerprint density at radius 2 is 2.16 bits per heavy atom. The first-order valence-electron chi connectivity index (χ1n) is 7.42. The van der Waals surface area contributed by atoms with Gasteiger partial charge in [-0.2, -0.15) is 4.98 Å². The van der Waals surface area contributed by atoms with Crippen LogP contribution in [0.3, 0.4) is 0 Å². The van der Waals surface area contributed by atoms with Crippen molar-refractivity contribution in [1.29, 1.82) is 0 Å². The summed E-state index contributed by atoms with van der Waals surface area (Å²) in [7, 11) is 0. The zero-order valence-electron chi connectivity index (χ0n) is 13.6. The van der Waals surface area contributed by atoms with Gasteiger partial charge in [0.15, 0.2) is 11.6 Å². The molecule has 134 valence electrons. The van der Waals surface area contributed by atoms with E-state index in [2.05, 4.69) is 15.3 Å². The molecular formula is C15H17FN4O5. The lowest BCUT2D eigenvalue weighted by Gasteiger charge is -2.12. The van der Waals surface area contributed by atoms with Gasteiger partial charge >= 0.3 is 17.3 Å². The van der Waals surface area contributed by atoms with Gasteiger partial charge in [-0.15, -0.1) is 0 Å². The Bertz CT molecular complexity index is 859. The van der Waals surface area contributed by atoms with Crippen molar-refractivity contribution in [3.8, 4) is 5.75 Å². The molecule has 0 aliphatic rings. The van der Waals surface area contributed by atoms with Crippen LogP contribution in [0, 0.1) is 5.82 Å². The summed E-state index contributed by atoms with van der Waals surface area (Å²) in [6, 6.07) is 4.04. The maximum atomic E-state index is 13.9. The third-order valence-corrected chi connectivity index (χ3v) is 3.02. The minimum absolute atomic E-state index is 0.0751. The van der Waals surface area contributed by atoms with Gasteiger partial charge in [0.2, 0.25) is 5.95 Å². The zero-order valence-corrected chi connectivity index (χ0v) is 13.6. The summed E-state index contributed by atoms with van der Waals surface area (Å²) < 4.78 is 19.9. The van der Waals surface area contributed by atoms with Gasteiger partial charge in [0, 0.05) is 18.3 Å². The summed E-state index contributed by atoms with van der Waals surface area (Å²) in [6.07, 6.45) is -0.579.